The molecular formula is C17H16FN5OS. The van der Waals surface area contributed by atoms with Crippen molar-refractivity contribution in [2.45, 2.75) is 36.1 Å². The summed E-state index contributed by atoms with van der Waals surface area (Å²) in [5.41, 5.74) is 1.34. The van der Waals surface area contributed by atoms with Gasteiger partial charge in [-0.15, -0.1) is 0 Å². The molecule has 8 heteroatoms. The number of rotatable bonds is 5. The minimum Gasteiger partial charge on any atom is -0.352 e. The molecule has 1 N–H and O–H groups in total. The van der Waals surface area contributed by atoms with Gasteiger partial charge in [0.25, 0.3) is 0 Å². The van der Waals surface area contributed by atoms with Crippen molar-refractivity contribution in [3.63, 3.8) is 0 Å². The van der Waals surface area contributed by atoms with E-state index in [0.29, 0.717) is 22.4 Å². The van der Waals surface area contributed by atoms with Gasteiger partial charge in [-0.3, -0.25) is 4.79 Å². The van der Waals surface area contributed by atoms with Crippen molar-refractivity contribution >= 4 is 28.7 Å². The second-order valence-corrected chi connectivity index (χ2v) is 7.32. The van der Waals surface area contributed by atoms with Crippen LogP contribution in [-0.2, 0) is 4.79 Å². The summed E-state index contributed by atoms with van der Waals surface area (Å²) in [7, 11) is 0. The van der Waals surface area contributed by atoms with Gasteiger partial charge in [0, 0.05) is 6.04 Å². The number of thioether (sulfide) groups is 1. The molecule has 0 radical (unpaired) electrons. The van der Waals surface area contributed by atoms with E-state index in [1.54, 1.807) is 23.0 Å². The van der Waals surface area contributed by atoms with Gasteiger partial charge in [0.2, 0.25) is 5.91 Å². The van der Waals surface area contributed by atoms with Gasteiger partial charge in [-0.25, -0.2) is 19.0 Å². The Kier molecular flexibility index (Phi) is 4.12. The summed E-state index contributed by atoms with van der Waals surface area (Å²) in [5.74, 6) is -0.285. The van der Waals surface area contributed by atoms with Gasteiger partial charge in [-0.2, -0.15) is 5.10 Å². The van der Waals surface area contributed by atoms with E-state index in [-0.39, 0.29) is 17.0 Å². The van der Waals surface area contributed by atoms with Crippen LogP contribution in [0.2, 0.25) is 0 Å². The molecule has 1 atom stereocenters. The number of hydrogen-bond acceptors (Lipinski definition) is 5. The zero-order chi connectivity index (χ0) is 17.4. The molecular weight excluding hydrogens is 341 g/mol. The lowest BCUT2D eigenvalue weighted by molar-refractivity contribution is -0.120. The standard InChI is InChI=1S/C17H16FN5OS/c1-10(16(24)22-12-4-5-12)25-17-14-8-21-23(15(14)19-9-20-17)13-6-2-11(18)3-7-13/h2-3,6-10,12H,4-5H2,1H3,(H,22,24). The second kappa shape index (κ2) is 6.44. The molecule has 128 valence electrons. The summed E-state index contributed by atoms with van der Waals surface area (Å²) >= 11 is 1.39. The maximum atomic E-state index is 13.1. The molecule has 1 saturated carbocycles. The number of nitrogens with zero attached hydrogens (tertiary/aromatic N) is 4. The van der Waals surface area contributed by atoms with E-state index in [1.165, 1.54) is 30.2 Å². The van der Waals surface area contributed by atoms with E-state index in [0.717, 1.165) is 18.2 Å². The van der Waals surface area contributed by atoms with Crippen LogP contribution in [0.25, 0.3) is 16.7 Å². The predicted molar refractivity (Wildman–Crippen MR) is 93.1 cm³/mol. The van der Waals surface area contributed by atoms with Crippen LogP contribution in [0, 0.1) is 5.82 Å². The highest BCUT2D eigenvalue weighted by molar-refractivity contribution is 8.00. The molecule has 2 heterocycles. The Morgan fingerprint density at radius 1 is 1.32 bits per heavy atom. The summed E-state index contributed by atoms with van der Waals surface area (Å²) in [5, 5.41) is 8.56. The summed E-state index contributed by atoms with van der Waals surface area (Å²) in [6.45, 7) is 1.86. The molecule has 25 heavy (non-hydrogen) atoms. The Balaban J connectivity index is 1.62. The largest absolute Gasteiger partial charge is 0.352 e. The number of aromatic nitrogens is 4. The molecule has 0 saturated heterocycles. The van der Waals surface area contributed by atoms with Gasteiger partial charge in [0.1, 0.15) is 17.2 Å². The van der Waals surface area contributed by atoms with E-state index in [9.17, 15) is 9.18 Å². The molecule has 6 nitrogen and oxygen atoms in total. The van der Waals surface area contributed by atoms with Gasteiger partial charge >= 0.3 is 0 Å². The molecule has 0 spiro atoms. The Morgan fingerprint density at radius 3 is 2.80 bits per heavy atom. The lowest BCUT2D eigenvalue weighted by atomic mass is 10.3. The van der Waals surface area contributed by atoms with Crippen molar-refractivity contribution in [3.8, 4) is 5.69 Å². The Morgan fingerprint density at radius 2 is 2.08 bits per heavy atom. The first kappa shape index (κ1) is 16.0. The molecule has 1 unspecified atom stereocenters. The number of halogens is 1. The average molecular weight is 357 g/mol. The number of nitrogens with one attached hydrogen (secondary N) is 1. The summed E-state index contributed by atoms with van der Waals surface area (Å²) in [6, 6.07) is 6.38. The third-order valence-corrected chi connectivity index (χ3v) is 5.10. The fraction of sp³-hybridized carbons (Fsp3) is 0.294. The topological polar surface area (TPSA) is 72.7 Å². The highest BCUT2D eigenvalue weighted by Gasteiger charge is 2.26. The fourth-order valence-corrected chi connectivity index (χ4v) is 3.34. The first-order valence-corrected chi connectivity index (χ1v) is 8.91. The van der Waals surface area contributed by atoms with Crippen molar-refractivity contribution in [1.29, 1.82) is 0 Å². The molecule has 1 aromatic carbocycles. The second-order valence-electron chi connectivity index (χ2n) is 5.99. The highest BCUT2D eigenvalue weighted by atomic mass is 32.2. The van der Waals surface area contributed by atoms with Crippen LogP contribution in [0.5, 0.6) is 0 Å². The van der Waals surface area contributed by atoms with Crippen LogP contribution in [0.15, 0.2) is 41.8 Å². The number of carbonyl (C=O) groups is 1. The van der Waals surface area contributed by atoms with Crippen LogP contribution in [0.4, 0.5) is 4.39 Å². The van der Waals surface area contributed by atoms with Crippen molar-refractivity contribution in [3.05, 3.63) is 42.6 Å². The van der Waals surface area contributed by atoms with E-state index < -0.39 is 0 Å². The van der Waals surface area contributed by atoms with Gasteiger partial charge in [-0.1, -0.05) is 11.8 Å². The normalized spacial score (nSPS) is 15.3. The van der Waals surface area contributed by atoms with Crippen molar-refractivity contribution in [2.75, 3.05) is 0 Å². The molecule has 4 rings (SSSR count). The summed E-state index contributed by atoms with van der Waals surface area (Å²) in [4.78, 5) is 20.8. The number of carbonyl (C=O) groups excluding carboxylic acids is 1. The number of benzene rings is 1. The molecule has 0 bridgehead atoms. The Labute approximate surface area is 147 Å². The molecule has 1 amide bonds. The highest BCUT2D eigenvalue weighted by Crippen LogP contribution is 2.29. The first-order chi connectivity index (χ1) is 12.1. The summed E-state index contributed by atoms with van der Waals surface area (Å²) < 4.78 is 14.8. The lowest BCUT2D eigenvalue weighted by Gasteiger charge is -2.11. The van der Waals surface area contributed by atoms with Crippen LogP contribution in [0.1, 0.15) is 19.8 Å². The number of hydrogen-bond donors (Lipinski definition) is 1. The van der Waals surface area contributed by atoms with Gasteiger partial charge < -0.3 is 5.32 Å². The predicted octanol–water partition coefficient (Wildman–Crippen LogP) is 2.71. The van der Waals surface area contributed by atoms with Crippen molar-refractivity contribution < 1.29 is 9.18 Å². The van der Waals surface area contributed by atoms with E-state index in [2.05, 4.69) is 20.4 Å². The zero-order valence-electron chi connectivity index (χ0n) is 13.5. The minimum atomic E-state index is -0.304. The molecule has 1 aliphatic carbocycles. The number of amides is 1. The average Bonchev–Trinajstić information content (AvgIpc) is 3.31. The summed E-state index contributed by atoms with van der Waals surface area (Å²) in [6.07, 6.45) is 5.25. The molecule has 1 aliphatic rings. The van der Waals surface area contributed by atoms with E-state index in [4.69, 9.17) is 0 Å². The van der Waals surface area contributed by atoms with Gasteiger partial charge in [-0.05, 0) is 44.0 Å². The van der Waals surface area contributed by atoms with Crippen LogP contribution in [0.3, 0.4) is 0 Å². The van der Waals surface area contributed by atoms with Crippen molar-refractivity contribution in [1.82, 2.24) is 25.1 Å². The SMILES string of the molecule is CC(Sc1ncnc2c1cnn2-c1ccc(F)cc1)C(=O)NC1CC1. The molecule has 3 aromatic rings. The molecule has 1 fully saturated rings. The van der Waals surface area contributed by atoms with Gasteiger partial charge in [0.05, 0.1) is 22.5 Å². The molecule has 0 aliphatic heterocycles. The quantitative estimate of drug-likeness (QED) is 0.561. The smallest absolute Gasteiger partial charge is 0.233 e. The van der Waals surface area contributed by atoms with Crippen LogP contribution in [-0.4, -0.2) is 36.9 Å². The maximum Gasteiger partial charge on any atom is 0.233 e. The molecule has 2 aromatic heterocycles. The first-order valence-electron chi connectivity index (χ1n) is 8.03. The van der Waals surface area contributed by atoms with Crippen LogP contribution < -0.4 is 5.32 Å². The van der Waals surface area contributed by atoms with E-state index in [1.807, 2.05) is 6.92 Å². The fourth-order valence-electron chi connectivity index (χ4n) is 2.45. The number of fused-ring (bicyclic) bond motifs is 1. The maximum absolute atomic E-state index is 13.1. The van der Waals surface area contributed by atoms with Crippen molar-refractivity contribution in [2.24, 2.45) is 0 Å². The minimum absolute atomic E-state index is 0.0187. The third-order valence-electron chi connectivity index (χ3n) is 3.98. The van der Waals surface area contributed by atoms with E-state index >= 15 is 0 Å². The zero-order valence-corrected chi connectivity index (χ0v) is 14.3. The van der Waals surface area contributed by atoms with Crippen LogP contribution >= 0.6 is 11.8 Å². The lowest BCUT2D eigenvalue weighted by Crippen LogP contribution is -2.32. The Bertz CT molecular complexity index is 922. The third kappa shape index (κ3) is 3.34. The monoisotopic (exact) mass is 357 g/mol. The Hall–Kier alpha value is -2.48. The van der Waals surface area contributed by atoms with Gasteiger partial charge in [0.15, 0.2) is 5.65 Å².